The average Bonchev–Trinajstić information content (AvgIpc) is 2.32. The molecule has 0 saturated carbocycles. The molecule has 0 atom stereocenters. The van der Waals surface area contributed by atoms with Gasteiger partial charge in [0.05, 0.1) is 0 Å². The summed E-state index contributed by atoms with van der Waals surface area (Å²) in [6.07, 6.45) is 0. The smallest absolute Gasteiger partial charge is 0.255 e. The first-order valence-electron chi connectivity index (χ1n) is 5.39. The molecule has 0 aliphatic rings. The van der Waals surface area contributed by atoms with Crippen molar-refractivity contribution in [1.82, 2.24) is 0 Å². The van der Waals surface area contributed by atoms with Crippen LogP contribution < -0.4 is 5.32 Å². The van der Waals surface area contributed by atoms with E-state index in [2.05, 4.69) is 27.9 Å². The Balaban J connectivity index is 2.21. The molecule has 92 valence electrons. The molecule has 2 nitrogen and oxygen atoms in total. The lowest BCUT2D eigenvalue weighted by Gasteiger charge is -2.08. The zero-order valence-electron chi connectivity index (χ0n) is 9.71. The van der Waals surface area contributed by atoms with Gasteiger partial charge >= 0.3 is 0 Å². The number of benzene rings is 2. The molecule has 0 fully saturated rings. The van der Waals surface area contributed by atoms with E-state index in [0.717, 1.165) is 14.8 Å². The van der Waals surface area contributed by atoms with E-state index < -0.39 is 0 Å². The van der Waals surface area contributed by atoms with E-state index in [4.69, 9.17) is 11.6 Å². The van der Waals surface area contributed by atoms with Gasteiger partial charge < -0.3 is 5.32 Å². The minimum atomic E-state index is -0.112. The van der Waals surface area contributed by atoms with Crippen LogP contribution in [0.5, 0.6) is 0 Å². The predicted octanol–water partition coefficient (Wildman–Crippen LogP) is 4.51. The van der Waals surface area contributed by atoms with E-state index in [-0.39, 0.29) is 5.91 Å². The third-order valence-corrected chi connectivity index (χ3v) is 3.43. The number of anilines is 1. The average molecular weight is 372 g/mol. The molecule has 0 aliphatic heterocycles. The van der Waals surface area contributed by atoms with Crippen molar-refractivity contribution in [2.75, 3.05) is 5.32 Å². The monoisotopic (exact) mass is 371 g/mol. The van der Waals surface area contributed by atoms with Crippen LogP contribution >= 0.6 is 34.2 Å². The zero-order valence-corrected chi connectivity index (χ0v) is 12.6. The van der Waals surface area contributed by atoms with E-state index in [9.17, 15) is 4.79 Å². The quantitative estimate of drug-likeness (QED) is 0.774. The van der Waals surface area contributed by atoms with Crippen molar-refractivity contribution in [2.45, 2.75) is 6.92 Å². The Labute approximate surface area is 124 Å². The van der Waals surface area contributed by atoms with Gasteiger partial charge in [-0.25, -0.2) is 0 Å². The summed E-state index contributed by atoms with van der Waals surface area (Å²) in [4.78, 5) is 12.1. The van der Waals surface area contributed by atoms with Gasteiger partial charge in [0.25, 0.3) is 5.91 Å². The summed E-state index contributed by atoms with van der Waals surface area (Å²) in [6.45, 7) is 1.91. The molecule has 0 unspecified atom stereocenters. The maximum Gasteiger partial charge on any atom is 0.255 e. The minimum absolute atomic E-state index is 0.112. The highest BCUT2D eigenvalue weighted by Crippen LogP contribution is 2.20. The molecular weight excluding hydrogens is 361 g/mol. The molecule has 0 bridgehead atoms. The van der Waals surface area contributed by atoms with Crippen LogP contribution in [-0.2, 0) is 0 Å². The van der Waals surface area contributed by atoms with Crippen molar-refractivity contribution in [3.63, 3.8) is 0 Å². The molecule has 0 aromatic heterocycles. The van der Waals surface area contributed by atoms with Crippen LogP contribution in [0.1, 0.15) is 15.9 Å². The van der Waals surface area contributed by atoms with Crippen molar-refractivity contribution in [2.24, 2.45) is 0 Å². The number of amides is 1. The summed E-state index contributed by atoms with van der Waals surface area (Å²) in [5, 5.41) is 3.55. The van der Waals surface area contributed by atoms with Crippen LogP contribution in [-0.4, -0.2) is 5.91 Å². The lowest BCUT2D eigenvalue weighted by molar-refractivity contribution is 0.102. The van der Waals surface area contributed by atoms with E-state index in [1.807, 2.05) is 37.3 Å². The third kappa shape index (κ3) is 3.23. The lowest BCUT2D eigenvalue weighted by Crippen LogP contribution is -2.12. The molecule has 4 heteroatoms. The summed E-state index contributed by atoms with van der Waals surface area (Å²) in [6, 6.07) is 12.9. The summed E-state index contributed by atoms with van der Waals surface area (Å²) in [5.41, 5.74) is 2.38. The third-order valence-electron chi connectivity index (χ3n) is 2.52. The van der Waals surface area contributed by atoms with E-state index in [0.29, 0.717) is 10.6 Å². The lowest BCUT2D eigenvalue weighted by atomic mass is 10.1. The van der Waals surface area contributed by atoms with Gasteiger partial charge in [-0.1, -0.05) is 17.7 Å². The maximum atomic E-state index is 12.1. The van der Waals surface area contributed by atoms with Crippen LogP contribution in [0.15, 0.2) is 42.5 Å². The number of hydrogen-bond donors (Lipinski definition) is 1. The predicted molar refractivity (Wildman–Crippen MR) is 83.3 cm³/mol. The number of aryl methyl sites for hydroxylation is 1. The van der Waals surface area contributed by atoms with Crippen LogP contribution in [0.25, 0.3) is 0 Å². The number of hydrogen-bond acceptors (Lipinski definition) is 1. The Morgan fingerprint density at radius 2 is 2.00 bits per heavy atom. The van der Waals surface area contributed by atoms with Gasteiger partial charge in [0.2, 0.25) is 0 Å². The van der Waals surface area contributed by atoms with Crippen molar-refractivity contribution in [1.29, 1.82) is 0 Å². The van der Waals surface area contributed by atoms with Crippen molar-refractivity contribution in [3.05, 3.63) is 62.2 Å². The summed E-state index contributed by atoms with van der Waals surface area (Å²) >= 11 is 8.06. The number of carbonyl (C=O) groups excluding carboxylic acids is 1. The first-order valence-corrected chi connectivity index (χ1v) is 6.85. The molecule has 18 heavy (non-hydrogen) atoms. The molecule has 2 rings (SSSR count). The van der Waals surface area contributed by atoms with Gasteiger partial charge in [-0.05, 0) is 71.5 Å². The van der Waals surface area contributed by atoms with Crippen molar-refractivity contribution >= 4 is 45.8 Å². The molecule has 0 radical (unpaired) electrons. The Kier molecular flexibility index (Phi) is 4.24. The Hall–Kier alpha value is -1.07. The first-order chi connectivity index (χ1) is 8.56. The van der Waals surface area contributed by atoms with Crippen LogP contribution in [0.2, 0.25) is 5.02 Å². The molecule has 0 aliphatic carbocycles. The molecule has 1 N–H and O–H groups in total. The standard InChI is InChI=1S/C14H11ClINO/c1-9-7-11(15)5-6-13(9)17-14(18)10-3-2-4-12(16)8-10/h2-8H,1H3,(H,17,18). The number of nitrogens with one attached hydrogen (secondary N) is 1. The topological polar surface area (TPSA) is 29.1 Å². The maximum absolute atomic E-state index is 12.1. The summed E-state index contributed by atoms with van der Waals surface area (Å²) in [7, 11) is 0. The van der Waals surface area contributed by atoms with Crippen LogP contribution in [0.3, 0.4) is 0 Å². The minimum Gasteiger partial charge on any atom is -0.322 e. The molecule has 2 aromatic carbocycles. The van der Waals surface area contributed by atoms with E-state index in [1.165, 1.54) is 0 Å². The normalized spacial score (nSPS) is 10.2. The van der Waals surface area contributed by atoms with Gasteiger partial charge in [0.1, 0.15) is 0 Å². The number of rotatable bonds is 2. The highest BCUT2D eigenvalue weighted by Gasteiger charge is 2.08. The largest absolute Gasteiger partial charge is 0.322 e. The number of carbonyl (C=O) groups is 1. The van der Waals surface area contributed by atoms with E-state index in [1.54, 1.807) is 12.1 Å². The van der Waals surface area contributed by atoms with Gasteiger partial charge in [0, 0.05) is 19.8 Å². The summed E-state index contributed by atoms with van der Waals surface area (Å²) < 4.78 is 1.04. The fourth-order valence-corrected chi connectivity index (χ4v) is 2.36. The molecule has 0 saturated heterocycles. The highest BCUT2D eigenvalue weighted by molar-refractivity contribution is 14.1. The van der Waals surface area contributed by atoms with Gasteiger partial charge in [0.15, 0.2) is 0 Å². The summed E-state index contributed by atoms with van der Waals surface area (Å²) in [5.74, 6) is -0.112. The Morgan fingerprint density at radius 3 is 2.67 bits per heavy atom. The Bertz CT molecular complexity index is 598. The van der Waals surface area contributed by atoms with Gasteiger partial charge in [-0.2, -0.15) is 0 Å². The second-order valence-corrected chi connectivity index (χ2v) is 5.61. The fraction of sp³-hybridized carbons (Fsp3) is 0.0714. The van der Waals surface area contributed by atoms with Crippen LogP contribution in [0, 0.1) is 10.5 Å². The first kappa shape index (κ1) is 13.4. The molecular formula is C14H11ClINO. The second-order valence-electron chi connectivity index (χ2n) is 3.92. The molecule has 0 spiro atoms. The second kappa shape index (κ2) is 5.71. The van der Waals surface area contributed by atoms with Crippen molar-refractivity contribution < 1.29 is 4.79 Å². The SMILES string of the molecule is Cc1cc(Cl)ccc1NC(=O)c1cccc(I)c1. The van der Waals surface area contributed by atoms with Gasteiger partial charge in [-0.3, -0.25) is 4.79 Å². The molecule has 1 amide bonds. The fourth-order valence-electron chi connectivity index (χ4n) is 1.59. The molecule has 2 aromatic rings. The van der Waals surface area contributed by atoms with Gasteiger partial charge in [-0.15, -0.1) is 0 Å². The Morgan fingerprint density at radius 1 is 1.22 bits per heavy atom. The van der Waals surface area contributed by atoms with Crippen molar-refractivity contribution in [3.8, 4) is 0 Å². The van der Waals surface area contributed by atoms with E-state index >= 15 is 0 Å². The molecule has 0 heterocycles. The zero-order chi connectivity index (χ0) is 13.1. The highest BCUT2D eigenvalue weighted by atomic mass is 127. The van der Waals surface area contributed by atoms with Crippen LogP contribution in [0.4, 0.5) is 5.69 Å². The number of halogens is 2.